The van der Waals surface area contributed by atoms with Crippen molar-refractivity contribution in [2.75, 3.05) is 0 Å². The second-order valence-corrected chi connectivity index (χ2v) is 4.38. The summed E-state index contributed by atoms with van der Waals surface area (Å²) in [4.78, 5) is 11.5. The van der Waals surface area contributed by atoms with Crippen LogP contribution in [-0.2, 0) is 4.79 Å². The van der Waals surface area contributed by atoms with Crippen molar-refractivity contribution in [3.05, 3.63) is 48.2 Å². The number of carbonyl (C=O) groups excluding carboxylic acids is 1. The Morgan fingerprint density at radius 3 is 2.84 bits per heavy atom. The minimum Gasteiger partial charge on any atom is -0.356 e. The van der Waals surface area contributed by atoms with E-state index in [1.54, 1.807) is 12.2 Å². The molecule has 0 N–H and O–H groups in total. The highest BCUT2D eigenvalue weighted by atomic mass is 16.5. The summed E-state index contributed by atoms with van der Waals surface area (Å²) in [5.41, 5.74) is 1.78. The highest BCUT2D eigenvalue weighted by molar-refractivity contribution is 5.93. The molecule has 0 saturated carbocycles. The molecule has 0 amide bonds. The van der Waals surface area contributed by atoms with E-state index in [1.807, 2.05) is 36.4 Å². The van der Waals surface area contributed by atoms with E-state index in [2.05, 4.69) is 12.1 Å². The molecule has 19 heavy (non-hydrogen) atoms. The van der Waals surface area contributed by atoms with Crippen LogP contribution in [0.5, 0.6) is 0 Å². The number of unbranched alkanes of at least 4 members (excludes halogenated alkanes) is 1. The maximum atomic E-state index is 11.5. The molecule has 0 spiro atoms. The standard InChI is InChI=1S/C16H17NO2/c1-2-3-9-14(18)10-11-15-12-16(17-19-15)13-7-5-4-6-8-13/h4-8,10-12H,2-3,9H2,1H3/b11-10+. The molecule has 3 nitrogen and oxygen atoms in total. The number of ketones is 1. The van der Waals surface area contributed by atoms with E-state index in [1.165, 1.54) is 0 Å². The summed E-state index contributed by atoms with van der Waals surface area (Å²) < 4.78 is 5.18. The first-order valence-corrected chi connectivity index (χ1v) is 6.52. The Balaban J connectivity index is 2.02. The first-order chi connectivity index (χ1) is 9.29. The first-order valence-electron chi connectivity index (χ1n) is 6.52. The van der Waals surface area contributed by atoms with E-state index in [9.17, 15) is 4.79 Å². The van der Waals surface area contributed by atoms with Crippen LogP contribution in [0.4, 0.5) is 0 Å². The Morgan fingerprint density at radius 1 is 1.32 bits per heavy atom. The van der Waals surface area contributed by atoms with Crippen LogP contribution >= 0.6 is 0 Å². The molecular formula is C16H17NO2. The predicted molar refractivity (Wildman–Crippen MR) is 75.5 cm³/mol. The van der Waals surface area contributed by atoms with Gasteiger partial charge in [-0.3, -0.25) is 4.79 Å². The van der Waals surface area contributed by atoms with Crippen LogP contribution in [0.15, 0.2) is 47.0 Å². The molecule has 98 valence electrons. The average molecular weight is 255 g/mol. The third-order valence-corrected chi connectivity index (χ3v) is 2.81. The molecule has 0 bridgehead atoms. The summed E-state index contributed by atoms with van der Waals surface area (Å²) in [6, 6.07) is 11.6. The largest absolute Gasteiger partial charge is 0.356 e. The van der Waals surface area contributed by atoms with Crippen molar-refractivity contribution in [2.24, 2.45) is 0 Å². The van der Waals surface area contributed by atoms with Crippen LogP contribution in [0, 0.1) is 0 Å². The average Bonchev–Trinajstić information content (AvgIpc) is 2.93. The van der Waals surface area contributed by atoms with Gasteiger partial charge in [-0.2, -0.15) is 0 Å². The number of carbonyl (C=O) groups is 1. The van der Waals surface area contributed by atoms with Crippen LogP contribution < -0.4 is 0 Å². The first kappa shape index (κ1) is 13.3. The van der Waals surface area contributed by atoms with Gasteiger partial charge >= 0.3 is 0 Å². The van der Waals surface area contributed by atoms with Crippen molar-refractivity contribution in [1.82, 2.24) is 5.16 Å². The molecule has 3 heteroatoms. The smallest absolute Gasteiger partial charge is 0.160 e. The molecule has 0 aliphatic rings. The van der Waals surface area contributed by atoms with Crippen LogP contribution in [-0.4, -0.2) is 10.9 Å². The number of hydrogen-bond acceptors (Lipinski definition) is 3. The maximum absolute atomic E-state index is 11.5. The van der Waals surface area contributed by atoms with Crippen LogP contribution in [0.3, 0.4) is 0 Å². The fourth-order valence-corrected chi connectivity index (χ4v) is 1.72. The fraction of sp³-hybridized carbons (Fsp3) is 0.250. The molecule has 2 aromatic rings. The van der Waals surface area contributed by atoms with Gasteiger partial charge in [-0.05, 0) is 18.6 Å². The minimum atomic E-state index is 0.125. The lowest BCUT2D eigenvalue weighted by Gasteiger charge is -1.91. The normalized spacial score (nSPS) is 11.0. The van der Waals surface area contributed by atoms with Crippen molar-refractivity contribution < 1.29 is 9.32 Å². The Bertz CT molecular complexity index is 555. The van der Waals surface area contributed by atoms with E-state index >= 15 is 0 Å². The number of aromatic nitrogens is 1. The van der Waals surface area contributed by atoms with E-state index in [4.69, 9.17) is 4.52 Å². The molecule has 0 atom stereocenters. The summed E-state index contributed by atoms with van der Waals surface area (Å²) in [6.45, 7) is 2.07. The number of benzene rings is 1. The van der Waals surface area contributed by atoms with Gasteiger partial charge in [0.25, 0.3) is 0 Å². The monoisotopic (exact) mass is 255 g/mol. The van der Waals surface area contributed by atoms with E-state index in [-0.39, 0.29) is 5.78 Å². The molecule has 1 heterocycles. The number of allylic oxidation sites excluding steroid dienone is 1. The van der Waals surface area contributed by atoms with Crippen LogP contribution in [0.25, 0.3) is 17.3 Å². The summed E-state index contributed by atoms with van der Waals surface area (Å²) >= 11 is 0. The molecule has 0 unspecified atom stereocenters. The third kappa shape index (κ3) is 3.91. The maximum Gasteiger partial charge on any atom is 0.160 e. The van der Waals surface area contributed by atoms with Gasteiger partial charge in [0.15, 0.2) is 11.5 Å². The van der Waals surface area contributed by atoms with Crippen LogP contribution in [0.2, 0.25) is 0 Å². The van der Waals surface area contributed by atoms with Crippen molar-refractivity contribution in [2.45, 2.75) is 26.2 Å². The SMILES string of the molecule is CCCCC(=O)/C=C/c1cc(-c2ccccc2)no1. The number of nitrogens with zero attached hydrogens (tertiary/aromatic N) is 1. The van der Waals surface area contributed by atoms with E-state index in [0.29, 0.717) is 12.2 Å². The molecule has 0 fully saturated rings. The zero-order valence-electron chi connectivity index (χ0n) is 11.0. The minimum absolute atomic E-state index is 0.125. The second kappa shape index (κ2) is 6.69. The summed E-state index contributed by atoms with van der Waals surface area (Å²) in [5.74, 6) is 0.725. The predicted octanol–water partition coefficient (Wildman–Crippen LogP) is 4.11. The lowest BCUT2D eigenvalue weighted by Crippen LogP contribution is -1.90. The van der Waals surface area contributed by atoms with E-state index in [0.717, 1.165) is 24.1 Å². The van der Waals surface area contributed by atoms with Crippen LogP contribution in [0.1, 0.15) is 31.9 Å². The fourth-order valence-electron chi connectivity index (χ4n) is 1.72. The van der Waals surface area contributed by atoms with Crippen molar-refractivity contribution in [3.63, 3.8) is 0 Å². The molecule has 1 aromatic heterocycles. The molecule has 2 rings (SSSR count). The van der Waals surface area contributed by atoms with Gasteiger partial charge in [0.05, 0.1) is 0 Å². The summed E-state index contributed by atoms with van der Waals surface area (Å²) in [5, 5.41) is 3.99. The molecule has 1 aromatic carbocycles. The number of rotatable bonds is 6. The quantitative estimate of drug-likeness (QED) is 0.729. The molecule has 0 aliphatic heterocycles. The van der Waals surface area contributed by atoms with Crippen molar-refractivity contribution in [1.29, 1.82) is 0 Å². The Hall–Kier alpha value is -2.16. The Morgan fingerprint density at radius 2 is 2.11 bits per heavy atom. The van der Waals surface area contributed by atoms with Gasteiger partial charge < -0.3 is 4.52 Å². The van der Waals surface area contributed by atoms with Crippen molar-refractivity contribution in [3.8, 4) is 11.3 Å². The molecule has 0 saturated heterocycles. The lowest BCUT2D eigenvalue weighted by molar-refractivity contribution is -0.114. The second-order valence-electron chi connectivity index (χ2n) is 4.38. The van der Waals surface area contributed by atoms with Gasteiger partial charge in [-0.1, -0.05) is 48.8 Å². The van der Waals surface area contributed by atoms with Gasteiger partial charge in [0.1, 0.15) is 5.69 Å². The van der Waals surface area contributed by atoms with Crippen molar-refractivity contribution >= 4 is 11.9 Å². The number of hydrogen-bond donors (Lipinski definition) is 0. The molecule has 0 aliphatic carbocycles. The third-order valence-electron chi connectivity index (χ3n) is 2.81. The van der Waals surface area contributed by atoms with Gasteiger partial charge in [0, 0.05) is 18.1 Å². The summed E-state index contributed by atoms with van der Waals surface area (Å²) in [6.07, 6.45) is 5.78. The van der Waals surface area contributed by atoms with Gasteiger partial charge in [-0.25, -0.2) is 0 Å². The lowest BCUT2D eigenvalue weighted by atomic mass is 10.1. The highest BCUT2D eigenvalue weighted by Gasteiger charge is 2.04. The van der Waals surface area contributed by atoms with Gasteiger partial charge in [0.2, 0.25) is 0 Å². The topological polar surface area (TPSA) is 43.1 Å². The summed E-state index contributed by atoms with van der Waals surface area (Å²) in [7, 11) is 0. The van der Waals surface area contributed by atoms with E-state index < -0.39 is 0 Å². The highest BCUT2D eigenvalue weighted by Crippen LogP contribution is 2.19. The van der Waals surface area contributed by atoms with Gasteiger partial charge in [-0.15, -0.1) is 0 Å². The molecular weight excluding hydrogens is 238 g/mol. The Kier molecular flexibility index (Phi) is 4.67. The molecule has 0 radical (unpaired) electrons. The Labute approximate surface area is 112 Å². The zero-order chi connectivity index (χ0) is 13.5. The zero-order valence-corrected chi connectivity index (χ0v) is 11.0.